The van der Waals surface area contributed by atoms with E-state index in [2.05, 4.69) is 32.7 Å². The first-order valence-corrected chi connectivity index (χ1v) is 14.7. The average molecular weight is 596 g/mol. The Balaban J connectivity index is 1.70. The summed E-state index contributed by atoms with van der Waals surface area (Å²) in [5, 5.41) is 1.26. The maximum absolute atomic E-state index is 14.5. The van der Waals surface area contributed by atoms with Gasteiger partial charge in [0.1, 0.15) is 17.7 Å². The Morgan fingerprint density at radius 1 is 0.951 bits per heavy atom. The smallest absolute Gasteiger partial charge is 0.326 e. The molecule has 1 aromatic heterocycles. The highest BCUT2D eigenvalue weighted by atomic mass is 35.5. The number of likely N-dealkylation sites (N-methyl/N-ethyl adjacent to an activating group) is 1. The van der Waals surface area contributed by atoms with Gasteiger partial charge in [0.25, 0.3) is 0 Å². The Kier molecular flexibility index (Phi) is 8.55. The quantitative estimate of drug-likeness (QED) is 0.342. The summed E-state index contributed by atoms with van der Waals surface area (Å²) in [5.74, 6) is 1.55. The van der Waals surface area contributed by atoms with Crippen molar-refractivity contribution >= 4 is 35.1 Å². The van der Waals surface area contributed by atoms with Crippen molar-refractivity contribution in [3.63, 3.8) is 0 Å². The number of benzene rings is 2. The third-order valence-corrected chi connectivity index (χ3v) is 7.92. The number of ether oxygens (including phenoxy) is 1. The van der Waals surface area contributed by atoms with Gasteiger partial charge in [0.05, 0.1) is 18.2 Å². The van der Waals surface area contributed by atoms with Crippen LogP contribution in [0, 0.1) is 0 Å². The summed E-state index contributed by atoms with van der Waals surface area (Å²) in [6.45, 7) is 11.3. The molecule has 0 N–H and O–H groups in total. The van der Waals surface area contributed by atoms with Crippen molar-refractivity contribution in [3.8, 4) is 5.88 Å². The molecule has 2 atom stereocenters. The Bertz CT molecular complexity index is 1410. The average Bonchev–Trinajstić information content (AvgIpc) is 3.34. The number of rotatable bonds is 5. The lowest BCUT2D eigenvalue weighted by atomic mass is 9.93. The van der Waals surface area contributed by atoms with E-state index in [4.69, 9.17) is 42.9 Å². The van der Waals surface area contributed by atoms with E-state index in [9.17, 15) is 4.79 Å². The second-order valence-corrected chi connectivity index (χ2v) is 12.4. The topological polar surface area (TPSA) is 74.2 Å². The van der Waals surface area contributed by atoms with Crippen molar-refractivity contribution in [2.24, 2.45) is 4.99 Å². The van der Waals surface area contributed by atoms with Gasteiger partial charge in [-0.15, -0.1) is 0 Å². The van der Waals surface area contributed by atoms with E-state index in [0.29, 0.717) is 52.8 Å². The van der Waals surface area contributed by atoms with E-state index in [0.717, 1.165) is 24.2 Å². The molecule has 3 heterocycles. The Labute approximate surface area is 252 Å². The van der Waals surface area contributed by atoms with Gasteiger partial charge in [-0.05, 0) is 49.4 Å². The number of amidine groups is 1. The molecular weight excluding hydrogens is 559 g/mol. The van der Waals surface area contributed by atoms with Crippen LogP contribution < -0.4 is 4.74 Å². The zero-order valence-electron chi connectivity index (χ0n) is 24.1. The van der Waals surface area contributed by atoms with E-state index in [1.807, 2.05) is 60.4 Å². The number of hydrogen-bond acceptors (Lipinski definition) is 6. The fourth-order valence-corrected chi connectivity index (χ4v) is 5.38. The summed E-state index contributed by atoms with van der Waals surface area (Å²) in [5.41, 5.74) is 2.15. The molecule has 1 fully saturated rings. The number of halogens is 2. The molecule has 0 bridgehead atoms. The molecule has 0 unspecified atom stereocenters. The summed E-state index contributed by atoms with van der Waals surface area (Å²) < 4.78 is 6.06. The number of hydrogen-bond donors (Lipinski definition) is 0. The summed E-state index contributed by atoms with van der Waals surface area (Å²) in [4.78, 5) is 35.2. The zero-order chi connectivity index (χ0) is 29.3. The number of piperazine rings is 1. The lowest BCUT2D eigenvalue weighted by Gasteiger charge is -2.38. The molecule has 0 aliphatic carbocycles. The van der Waals surface area contributed by atoms with E-state index in [1.165, 1.54) is 0 Å². The first-order valence-electron chi connectivity index (χ1n) is 13.9. The molecule has 41 heavy (non-hydrogen) atoms. The van der Waals surface area contributed by atoms with Gasteiger partial charge in [-0.25, -0.2) is 9.78 Å². The number of carbonyl (C=O) groups is 1. The molecule has 0 saturated carbocycles. The van der Waals surface area contributed by atoms with Crippen molar-refractivity contribution in [1.82, 2.24) is 24.7 Å². The van der Waals surface area contributed by atoms with Crippen molar-refractivity contribution < 1.29 is 9.53 Å². The highest BCUT2D eigenvalue weighted by Gasteiger charge is 2.45. The first-order chi connectivity index (χ1) is 19.6. The molecule has 8 nitrogen and oxygen atoms in total. The van der Waals surface area contributed by atoms with Crippen molar-refractivity contribution in [1.29, 1.82) is 0 Å². The maximum atomic E-state index is 14.5. The fraction of sp³-hybridized carbons (Fsp3) is 0.419. The molecule has 5 rings (SSSR count). The van der Waals surface area contributed by atoms with Crippen molar-refractivity contribution in [3.05, 3.63) is 87.3 Å². The molecular formula is C31H36Cl2N6O2. The standard InChI is InChI=1S/C31H36Cl2N6O2/c1-6-41-28-24(19-34-29(36-28)31(2,3)4)27-35-25(20-7-11-22(32)12-8-20)26(21-9-13-23(33)14-10-21)39(27)30(40)38-17-15-37(5)16-18-38/h7-14,19,25-26H,6,15-18H2,1-5H3/t25-,26+/m0/s1. The van der Waals surface area contributed by atoms with Crippen LogP contribution in [0.3, 0.4) is 0 Å². The summed E-state index contributed by atoms with van der Waals surface area (Å²) in [6, 6.07) is 14.3. The second kappa shape index (κ2) is 12.0. The number of amides is 2. The second-order valence-electron chi connectivity index (χ2n) is 11.5. The number of nitrogens with zero attached hydrogens (tertiary/aromatic N) is 6. The van der Waals surface area contributed by atoms with Gasteiger partial charge < -0.3 is 14.5 Å². The van der Waals surface area contributed by atoms with Gasteiger partial charge in [-0.1, -0.05) is 68.2 Å². The van der Waals surface area contributed by atoms with Crippen LogP contribution in [0.15, 0.2) is 59.7 Å². The van der Waals surface area contributed by atoms with Crippen LogP contribution in [0.25, 0.3) is 0 Å². The number of carbonyl (C=O) groups excluding carboxylic acids is 1. The van der Waals surface area contributed by atoms with E-state index in [1.54, 1.807) is 11.1 Å². The fourth-order valence-electron chi connectivity index (χ4n) is 5.13. The third kappa shape index (κ3) is 6.20. The molecule has 2 aliphatic rings. The predicted molar refractivity (Wildman–Crippen MR) is 163 cm³/mol. The highest BCUT2D eigenvalue weighted by molar-refractivity contribution is 6.30. The highest BCUT2D eigenvalue weighted by Crippen LogP contribution is 2.45. The first kappa shape index (κ1) is 29.3. The largest absolute Gasteiger partial charge is 0.477 e. The van der Waals surface area contributed by atoms with E-state index in [-0.39, 0.29) is 11.4 Å². The summed E-state index contributed by atoms with van der Waals surface area (Å²) >= 11 is 12.5. The van der Waals surface area contributed by atoms with Crippen LogP contribution in [0.5, 0.6) is 5.88 Å². The maximum Gasteiger partial charge on any atom is 0.326 e. The van der Waals surface area contributed by atoms with Gasteiger partial charge in [-0.3, -0.25) is 9.89 Å². The minimum absolute atomic E-state index is 0.115. The van der Waals surface area contributed by atoms with Gasteiger partial charge in [0.15, 0.2) is 0 Å². The minimum Gasteiger partial charge on any atom is -0.477 e. The van der Waals surface area contributed by atoms with Crippen LogP contribution in [0.1, 0.15) is 62.3 Å². The lowest BCUT2D eigenvalue weighted by Crippen LogP contribution is -2.53. The normalized spacial score (nSPS) is 19.8. The van der Waals surface area contributed by atoms with Crippen molar-refractivity contribution in [2.75, 3.05) is 39.8 Å². The van der Waals surface area contributed by atoms with Gasteiger partial charge >= 0.3 is 6.03 Å². The molecule has 10 heteroatoms. The predicted octanol–water partition coefficient (Wildman–Crippen LogP) is 6.39. The Morgan fingerprint density at radius 2 is 1.54 bits per heavy atom. The van der Waals surface area contributed by atoms with Crippen LogP contribution in [-0.4, -0.2) is 76.4 Å². The van der Waals surface area contributed by atoms with Gasteiger partial charge in [0.2, 0.25) is 5.88 Å². The monoisotopic (exact) mass is 594 g/mol. The molecule has 3 aromatic rings. The van der Waals surface area contributed by atoms with Crippen LogP contribution in [-0.2, 0) is 5.41 Å². The molecule has 216 valence electrons. The summed E-state index contributed by atoms with van der Waals surface area (Å²) in [7, 11) is 2.07. The van der Waals surface area contributed by atoms with Gasteiger partial charge in [0, 0.05) is 47.8 Å². The Hall–Kier alpha value is -3.20. The van der Waals surface area contributed by atoms with Crippen LogP contribution in [0.2, 0.25) is 10.0 Å². The molecule has 1 saturated heterocycles. The lowest BCUT2D eigenvalue weighted by molar-refractivity contribution is 0.130. The molecule has 0 spiro atoms. The number of urea groups is 1. The van der Waals surface area contributed by atoms with E-state index < -0.39 is 12.1 Å². The molecule has 2 aromatic carbocycles. The Morgan fingerprint density at radius 3 is 2.10 bits per heavy atom. The number of aromatic nitrogens is 2. The minimum atomic E-state index is -0.438. The SMILES string of the molecule is CCOc1nc(C(C)(C)C)ncc1C1=N[C@@H](c2ccc(Cl)cc2)[C@@H](c2ccc(Cl)cc2)N1C(=O)N1CCN(C)CC1. The summed E-state index contributed by atoms with van der Waals surface area (Å²) in [6.07, 6.45) is 1.74. The van der Waals surface area contributed by atoms with E-state index >= 15 is 0 Å². The van der Waals surface area contributed by atoms with Crippen LogP contribution in [0.4, 0.5) is 4.79 Å². The van der Waals surface area contributed by atoms with Gasteiger partial charge in [-0.2, -0.15) is 4.98 Å². The molecule has 2 aliphatic heterocycles. The zero-order valence-corrected chi connectivity index (χ0v) is 25.7. The molecule has 0 radical (unpaired) electrons. The van der Waals surface area contributed by atoms with Crippen LogP contribution >= 0.6 is 23.2 Å². The third-order valence-electron chi connectivity index (χ3n) is 7.42. The molecule has 2 amide bonds. The number of aliphatic imine (C=N–C) groups is 1. The van der Waals surface area contributed by atoms with Crippen molar-refractivity contribution in [2.45, 2.75) is 45.2 Å².